The van der Waals surface area contributed by atoms with E-state index in [-0.39, 0.29) is 18.1 Å². The molecule has 0 fully saturated rings. The quantitative estimate of drug-likeness (QED) is 0.603. The van der Waals surface area contributed by atoms with E-state index in [1.54, 1.807) is 12.2 Å². The number of rotatable bonds is 7. The Morgan fingerprint density at radius 3 is 2.47 bits per heavy atom. The van der Waals surface area contributed by atoms with E-state index in [4.69, 9.17) is 5.11 Å². The molecular formula is C16H18O3. The van der Waals surface area contributed by atoms with Gasteiger partial charge in [0.15, 0.2) is 5.78 Å². The maximum Gasteiger partial charge on any atom is 0.303 e. The third-order valence-corrected chi connectivity index (χ3v) is 2.76. The van der Waals surface area contributed by atoms with Crippen LogP contribution in [0, 0.1) is 0 Å². The number of carboxylic acid groups (broad SMARTS) is 1. The summed E-state index contributed by atoms with van der Waals surface area (Å²) in [7, 11) is 0. The number of benzene rings is 1. The first-order chi connectivity index (χ1) is 9.15. The molecule has 1 rings (SSSR count). The van der Waals surface area contributed by atoms with Crippen molar-refractivity contribution in [2.75, 3.05) is 0 Å². The summed E-state index contributed by atoms with van der Waals surface area (Å²) in [6.07, 6.45) is 7.09. The van der Waals surface area contributed by atoms with E-state index < -0.39 is 5.97 Å². The molecule has 3 heteroatoms. The molecule has 19 heavy (non-hydrogen) atoms. The molecule has 0 aliphatic heterocycles. The van der Waals surface area contributed by atoms with Gasteiger partial charge in [-0.1, -0.05) is 48.6 Å². The summed E-state index contributed by atoms with van der Waals surface area (Å²) >= 11 is 0. The molecule has 0 saturated heterocycles. The molecule has 1 unspecified atom stereocenters. The number of hydrogen-bond donors (Lipinski definition) is 1. The van der Waals surface area contributed by atoms with Gasteiger partial charge in [-0.3, -0.25) is 9.59 Å². The molecular weight excluding hydrogens is 240 g/mol. The largest absolute Gasteiger partial charge is 0.481 e. The van der Waals surface area contributed by atoms with Crippen molar-refractivity contribution in [2.24, 2.45) is 0 Å². The zero-order chi connectivity index (χ0) is 14.1. The second-order valence-electron chi connectivity index (χ2n) is 4.18. The van der Waals surface area contributed by atoms with Crippen molar-refractivity contribution < 1.29 is 14.7 Å². The van der Waals surface area contributed by atoms with Gasteiger partial charge in [-0.25, -0.2) is 0 Å². The fourth-order valence-corrected chi connectivity index (χ4v) is 1.80. The molecule has 0 radical (unpaired) electrons. The molecule has 1 atom stereocenters. The first-order valence-electron chi connectivity index (χ1n) is 6.25. The number of aliphatic carboxylic acids is 1. The molecule has 3 nitrogen and oxygen atoms in total. The van der Waals surface area contributed by atoms with Crippen molar-refractivity contribution in [1.29, 1.82) is 0 Å². The number of allylic oxidation sites excluding steroid dienone is 4. The second-order valence-corrected chi connectivity index (χ2v) is 4.18. The summed E-state index contributed by atoms with van der Waals surface area (Å²) in [5, 5.41) is 8.76. The van der Waals surface area contributed by atoms with Crippen molar-refractivity contribution in [3.05, 3.63) is 60.2 Å². The first-order valence-corrected chi connectivity index (χ1v) is 6.25. The van der Waals surface area contributed by atoms with Crippen LogP contribution < -0.4 is 0 Å². The smallest absolute Gasteiger partial charge is 0.303 e. The van der Waals surface area contributed by atoms with Crippen molar-refractivity contribution in [1.82, 2.24) is 0 Å². The minimum Gasteiger partial charge on any atom is -0.481 e. The topological polar surface area (TPSA) is 54.4 Å². The Balaban J connectivity index is 2.86. The van der Waals surface area contributed by atoms with Crippen LogP contribution in [0.4, 0.5) is 0 Å². The molecule has 1 aromatic rings. The summed E-state index contributed by atoms with van der Waals surface area (Å²) < 4.78 is 0. The third-order valence-electron chi connectivity index (χ3n) is 2.76. The van der Waals surface area contributed by atoms with Gasteiger partial charge >= 0.3 is 5.97 Å². The Bertz CT molecular complexity index is 472. The lowest BCUT2D eigenvalue weighted by atomic mass is 9.90. The Hall–Kier alpha value is -2.16. The average molecular weight is 258 g/mol. The van der Waals surface area contributed by atoms with Crippen molar-refractivity contribution in [3.63, 3.8) is 0 Å². The van der Waals surface area contributed by atoms with Gasteiger partial charge in [-0.15, -0.1) is 0 Å². The number of carbonyl (C=O) groups is 2. The standard InChI is InChI=1S/C16H18O3/c1-2-3-5-10-15(17)14(11-12-16(18)19)13-8-6-4-7-9-13/h2-10,14H,11-12H2,1H3,(H,18,19)/b3-2+,10-5+. The van der Waals surface area contributed by atoms with E-state index in [9.17, 15) is 9.59 Å². The summed E-state index contributed by atoms with van der Waals surface area (Å²) in [4.78, 5) is 22.8. The van der Waals surface area contributed by atoms with E-state index in [0.717, 1.165) is 5.56 Å². The van der Waals surface area contributed by atoms with Gasteiger partial charge in [-0.05, 0) is 25.0 Å². The van der Waals surface area contributed by atoms with E-state index in [1.165, 1.54) is 6.08 Å². The van der Waals surface area contributed by atoms with Crippen LogP contribution in [-0.4, -0.2) is 16.9 Å². The highest BCUT2D eigenvalue weighted by molar-refractivity contribution is 5.95. The predicted molar refractivity (Wildman–Crippen MR) is 75.0 cm³/mol. The van der Waals surface area contributed by atoms with Crippen LogP contribution in [0.1, 0.15) is 31.2 Å². The maximum absolute atomic E-state index is 12.1. The molecule has 0 aliphatic carbocycles. The highest BCUT2D eigenvalue weighted by Crippen LogP contribution is 2.22. The molecule has 0 bridgehead atoms. The SMILES string of the molecule is C/C=C/C=C/C(=O)C(CCC(=O)O)c1ccccc1. The number of carbonyl (C=O) groups excluding carboxylic acids is 1. The van der Waals surface area contributed by atoms with Crippen LogP contribution in [-0.2, 0) is 9.59 Å². The van der Waals surface area contributed by atoms with Crippen LogP contribution in [0.3, 0.4) is 0 Å². The first kappa shape index (κ1) is 14.9. The minimum absolute atomic E-state index is 0.0112. The van der Waals surface area contributed by atoms with Crippen LogP contribution in [0.15, 0.2) is 54.6 Å². The summed E-state index contributed by atoms with van der Waals surface area (Å²) in [6, 6.07) is 9.29. The summed E-state index contributed by atoms with van der Waals surface area (Å²) in [5.74, 6) is -1.34. The van der Waals surface area contributed by atoms with Crippen molar-refractivity contribution in [2.45, 2.75) is 25.7 Å². The Labute approximate surface area is 113 Å². The number of hydrogen-bond acceptors (Lipinski definition) is 2. The van der Waals surface area contributed by atoms with Gasteiger partial charge in [0.1, 0.15) is 0 Å². The van der Waals surface area contributed by atoms with Gasteiger partial charge in [0.05, 0.1) is 0 Å². The van der Waals surface area contributed by atoms with Crippen LogP contribution in [0.25, 0.3) is 0 Å². The highest BCUT2D eigenvalue weighted by atomic mass is 16.4. The van der Waals surface area contributed by atoms with Crippen LogP contribution >= 0.6 is 0 Å². The van der Waals surface area contributed by atoms with Gasteiger partial charge in [0.25, 0.3) is 0 Å². The summed E-state index contributed by atoms with van der Waals surface area (Å²) in [6.45, 7) is 1.87. The molecule has 0 aliphatic rings. The van der Waals surface area contributed by atoms with Crippen LogP contribution in [0.5, 0.6) is 0 Å². The molecule has 1 aromatic carbocycles. The minimum atomic E-state index is -0.883. The zero-order valence-corrected chi connectivity index (χ0v) is 11.0. The van der Waals surface area contributed by atoms with Gasteiger partial charge in [-0.2, -0.15) is 0 Å². The van der Waals surface area contributed by atoms with E-state index >= 15 is 0 Å². The lowest BCUT2D eigenvalue weighted by Gasteiger charge is -2.13. The molecule has 100 valence electrons. The molecule has 0 spiro atoms. The Morgan fingerprint density at radius 2 is 1.89 bits per heavy atom. The Kier molecular flexibility index (Phi) is 6.30. The fourth-order valence-electron chi connectivity index (χ4n) is 1.80. The number of carboxylic acids is 1. The fraction of sp³-hybridized carbons (Fsp3) is 0.250. The van der Waals surface area contributed by atoms with E-state index in [1.807, 2.05) is 43.3 Å². The normalized spacial score (nSPS) is 12.9. The average Bonchev–Trinajstić information content (AvgIpc) is 2.40. The summed E-state index contributed by atoms with van der Waals surface area (Å²) in [5.41, 5.74) is 0.860. The predicted octanol–water partition coefficient (Wildman–Crippen LogP) is 3.34. The third kappa shape index (κ3) is 5.34. The molecule has 0 aromatic heterocycles. The monoisotopic (exact) mass is 258 g/mol. The lowest BCUT2D eigenvalue weighted by Crippen LogP contribution is -2.12. The van der Waals surface area contributed by atoms with Gasteiger partial charge in [0, 0.05) is 12.3 Å². The second kappa shape index (κ2) is 8.03. The Morgan fingerprint density at radius 1 is 1.21 bits per heavy atom. The molecule has 1 N–H and O–H groups in total. The lowest BCUT2D eigenvalue weighted by molar-refractivity contribution is -0.137. The molecule has 0 saturated carbocycles. The number of ketones is 1. The van der Waals surface area contributed by atoms with E-state index in [0.29, 0.717) is 6.42 Å². The molecule has 0 heterocycles. The van der Waals surface area contributed by atoms with Crippen molar-refractivity contribution in [3.8, 4) is 0 Å². The van der Waals surface area contributed by atoms with E-state index in [2.05, 4.69) is 0 Å². The van der Waals surface area contributed by atoms with Gasteiger partial charge < -0.3 is 5.11 Å². The molecule has 0 amide bonds. The van der Waals surface area contributed by atoms with Crippen molar-refractivity contribution >= 4 is 11.8 Å². The maximum atomic E-state index is 12.1. The van der Waals surface area contributed by atoms with Crippen LogP contribution in [0.2, 0.25) is 0 Å². The van der Waals surface area contributed by atoms with Gasteiger partial charge in [0.2, 0.25) is 0 Å². The highest BCUT2D eigenvalue weighted by Gasteiger charge is 2.19. The zero-order valence-electron chi connectivity index (χ0n) is 11.0.